The molecule has 0 bridgehead atoms. The van der Waals surface area contributed by atoms with Crippen LogP contribution in [-0.2, 0) is 19.8 Å². The van der Waals surface area contributed by atoms with E-state index in [1.54, 1.807) is 0 Å². The number of halogens is 1. The Labute approximate surface area is 129 Å². The lowest BCUT2D eigenvalue weighted by molar-refractivity contribution is -0.697. The van der Waals surface area contributed by atoms with Gasteiger partial charge in [-0.2, -0.15) is 0 Å². The first-order valence-electron chi connectivity index (χ1n) is 7.12. The van der Waals surface area contributed by atoms with E-state index in [0.29, 0.717) is 19.8 Å². The molecule has 20 heavy (non-hydrogen) atoms. The van der Waals surface area contributed by atoms with Crippen molar-refractivity contribution in [1.82, 2.24) is 0 Å². The van der Waals surface area contributed by atoms with Crippen LogP contribution in [0.2, 0.25) is 6.04 Å². The SMILES string of the molecule is CCO[Si](CCC[n+]1ccccc1)(OCC)OCC.[Cl-]. The van der Waals surface area contributed by atoms with Crippen LogP contribution in [0.25, 0.3) is 0 Å². The lowest BCUT2D eigenvalue weighted by Crippen LogP contribution is -3.00. The van der Waals surface area contributed by atoms with Crippen molar-refractivity contribution < 1.29 is 30.3 Å². The molecule has 6 heteroatoms. The second-order valence-electron chi connectivity index (χ2n) is 4.20. The summed E-state index contributed by atoms with van der Waals surface area (Å²) in [6, 6.07) is 6.97. The highest BCUT2D eigenvalue weighted by Gasteiger charge is 2.40. The second-order valence-corrected chi connectivity index (χ2v) is 6.93. The molecule has 1 aromatic rings. The van der Waals surface area contributed by atoms with Gasteiger partial charge in [0.25, 0.3) is 0 Å². The van der Waals surface area contributed by atoms with Gasteiger partial charge in [-0.1, -0.05) is 6.07 Å². The molecule has 0 saturated carbocycles. The summed E-state index contributed by atoms with van der Waals surface area (Å²) in [5.41, 5.74) is 0. The third kappa shape index (κ3) is 6.81. The van der Waals surface area contributed by atoms with E-state index in [9.17, 15) is 0 Å². The summed E-state index contributed by atoms with van der Waals surface area (Å²) in [5.74, 6) is 0. The highest BCUT2D eigenvalue weighted by molar-refractivity contribution is 6.60. The number of rotatable bonds is 10. The maximum atomic E-state index is 5.83. The second kappa shape index (κ2) is 11.2. The van der Waals surface area contributed by atoms with Gasteiger partial charge in [-0.25, -0.2) is 4.57 Å². The predicted molar refractivity (Wildman–Crippen MR) is 76.7 cm³/mol. The van der Waals surface area contributed by atoms with Crippen molar-refractivity contribution in [2.24, 2.45) is 0 Å². The minimum atomic E-state index is -2.46. The third-order valence-corrected chi connectivity index (χ3v) is 5.92. The van der Waals surface area contributed by atoms with Crippen molar-refractivity contribution >= 4 is 8.80 Å². The van der Waals surface area contributed by atoms with Crippen LogP contribution in [0.5, 0.6) is 0 Å². The highest BCUT2D eigenvalue weighted by atomic mass is 35.5. The summed E-state index contributed by atoms with van der Waals surface area (Å²) in [7, 11) is -2.46. The number of hydrogen-bond donors (Lipinski definition) is 0. The Kier molecular flexibility index (Phi) is 11.0. The third-order valence-electron chi connectivity index (χ3n) is 2.77. The zero-order valence-corrected chi connectivity index (χ0v) is 14.4. The van der Waals surface area contributed by atoms with Gasteiger partial charge in [-0.05, 0) is 20.8 Å². The van der Waals surface area contributed by atoms with E-state index >= 15 is 0 Å². The summed E-state index contributed by atoms with van der Waals surface area (Å²) in [4.78, 5) is 0. The van der Waals surface area contributed by atoms with E-state index in [0.717, 1.165) is 19.0 Å². The van der Waals surface area contributed by atoms with E-state index in [-0.39, 0.29) is 12.4 Å². The monoisotopic (exact) mass is 319 g/mol. The molecule has 1 aromatic heterocycles. The summed E-state index contributed by atoms with van der Waals surface area (Å²) < 4.78 is 19.7. The van der Waals surface area contributed by atoms with Crippen molar-refractivity contribution in [3.63, 3.8) is 0 Å². The van der Waals surface area contributed by atoms with E-state index in [4.69, 9.17) is 13.3 Å². The van der Waals surface area contributed by atoms with E-state index in [2.05, 4.69) is 17.0 Å². The molecule has 0 amide bonds. The molecule has 0 fully saturated rings. The number of aryl methyl sites for hydroxylation is 1. The van der Waals surface area contributed by atoms with Gasteiger partial charge in [0.2, 0.25) is 0 Å². The molecular formula is C14H26ClNO3Si. The molecule has 0 atom stereocenters. The van der Waals surface area contributed by atoms with E-state index < -0.39 is 8.80 Å². The Morgan fingerprint density at radius 2 is 1.35 bits per heavy atom. The van der Waals surface area contributed by atoms with Crippen molar-refractivity contribution in [2.45, 2.75) is 39.8 Å². The Bertz CT molecular complexity index is 323. The van der Waals surface area contributed by atoms with Gasteiger partial charge in [0.1, 0.15) is 6.54 Å². The van der Waals surface area contributed by atoms with Gasteiger partial charge in [0, 0.05) is 44.4 Å². The zero-order chi connectivity index (χ0) is 14.0. The van der Waals surface area contributed by atoms with Crippen LogP contribution < -0.4 is 17.0 Å². The average molecular weight is 320 g/mol. The van der Waals surface area contributed by atoms with Gasteiger partial charge in [0.05, 0.1) is 0 Å². The molecule has 0 N–H and O–H groups in total. The van der Waals surface area contributed by atoms with E-state index in [1.807, 2.05) is 39.0 Å². The van der Waals surface area contributed by atoms with Crippen LogP contribution in [0.1, 0.15) is 27.2 Å². The number of pyridine rings is 1. The van der Waals surface area contributed by atoms with Crippen LogP contribution in [0.4, 0.5) is 0 Å². The normalized spacial score (nSPS) is 11.2. The lowest BCUT2D eigenvalue weighted by Gasteiger charge is -2.28. The largest absolute Gasteiger partial charge is 1.00 e. The van der Waals surface area contributed by atoms with Crippen LogP contribution in [0.15, 0.2) is 30.6 Å². The molecule has 0 aliphatic carbocycles. The van der Waals surface area contributed by atoms with Crippen molar-refractivity contribution in [2.75, 3.05) is 19.8 Å². The molecule has 116 valence electrons. The quantitative estimate of drug-likeness (QED) is 0.427. The van der Waals surface area contributed by atoms with Crippen molar-refractivity contribution in [3.05, 3.63) is 30.6 Å². The number of nitrogens with zero attached hydrogens (tertiary/aromatic N) is 1. The fraction of sp³-hybridized carbons (Fsp3) is 0.643. The standard InChI is InChI=1S/C14H26NO3Si.ClH/c1-4-16-19(17-5-2,18-6-3)14-10-13-15-11-8-7-9-12-15;/h7-9,11-12H,4-6,10,13-14H2,1-3H3;1H/q+1;/p-1. The minimum absolute atomic E-state index is 0. The van der Waals surface area contributed by atoms with Gasteiger partial charge in [-0.3, -0.25) is 0 Å². The molecule has 0 radical (unpaired) electrons. The molecule has 1 rings (SSSR count). The van der Waals surface area contributed by atoms with Crippen LogP contribution in [0, 0.1) is 0 Å². The van der Waals surface area contributed by atoms with E-state index in [1.165, 1.54) is 0 Å². The van der Waals surface area contributed by atoms with Gasteiger partial charge in [-0.15, -0.1) is 0 Å². The Balaban J connectivity index is 0.00000361. The van der Waals surface area contributed by atoms with Crippen molar-refractivity contribution in [3.8, 4) is 0 Å². The maximum Gasteiger partial charge on any atom is 0.501 e. The van der Waals surface area contributed by atoms with Crippen LogP contribution >= 0.6 is 0 Å². The Morgan fingerprint density at radius 3 is 1.80 bits per heavy atom. The molecule has 0 aliphatic rings. The van der Waals surface area contributed by atoms with Crippen LogP contribution in [-0.4, -0.2) is 28.6 Å². The average Bonchev–Trinajstić information content (AvgIpc) is 2.41. The molecular weight excluding hydrogens is 294 g/mol. The molecule has 0 aromatic carbocycles. The first-order valence-corrected chi connectivity index (χ1v) is 9.05. The molecule has 0 saturated heterocycles. The first-order chi connectivity index (χ1) is 9.26. The van der Waals surface area contributed by atoms with Crippen LogP contribution in [0.3, 0.4) is 0 Å². The van der Waals surface area contributed by atoms with Gasteiger partial charge < -0.3 is 25.7 Å². The lowest BCUT2D eigenvalue weighted by atomic mass is 10.4. The predicted octanol–water partition coefficient (Wildman–Crippen LogP) is -0.583. The summed E-state index contributed by atoms with van der Waals surface area (Å²) in [6.07, 6.45) is 5.15. The topological polar surface area (TPSA) is 31.6 Å². The molecule has 0 spiro atoms. The maximum absolute atomic E-state index is 5.83. The zero-order valence-electron chi connectivity index (χ0n) is 12.7. The number of aromatic nitrogens is 1. The van der Waals surface area contributed by atoms with Crippen molar-refractivity contribution in [1.29, 1.82) is 0 Å². The van der Waals surface area contributed by atoms with Gasteiger partial charge in [0.15, 0.2) is 12.4 Å². The smallest absolute Gasteiger partial charge is 0.501 e. The summed E-state index contributed by atoms with van der Waals surface area (Å²) in [6.45, 7) is 8.87. The fourth-order valence-corrected chi connectivity index (χ4v) is 4.66. The Morgan fingerprint density at radius 1 is 0.850 bits per heavy atom. The van der Waals surface area contributed by atoms with Gasteiger partial charge >= 0.3 is 8.80 Å². The highest BCUT2D eigenvalue weighted by Crippen LogP contribution is 2.18. The molecule has 1 heterocycles. The minimum Gasteiger partial charge on any atom is -1.00 e. The summed E-state index contributed by atoms with van der Waals surface area (Å²) in [5, 5.41) is 0. The summed E-state index contributed by atoms with van der Waals surface area (Å²) >= 11 is 0. The molecule has 4 nitrogen and oxygen atoms in total. The fourth-order valence-electron chi connectivity index (χ4n) is 2.06. The first kappa shape index (κ1) is 19.5. The molecule has 0 unspecified atom stereocenters. The molecule has 0 aliphatic heterocycles. The number of hydrogen-bond acceptors (Lipinski definition) is 3. The Hall–Kier alpha value is -0.463.